The molecule has 0 saturated carbocycles. The van der Waals surface area contributed by atoms with Crippen molar-refractivity contribution in [3.63, 3.8) is 0 Å². The van der Waals surface area contributed by atoms with Crippen molar-refractivity contribution in [2.45, 2.75) is 19.8 Å². The minimum absolute atomic E-state index is 0.925. The highest BCUT2D eigenvalue weighted by Gasteiger charge is 1.97. The van der Waals surface area contributed by atoms with Gasteiger partial charge < -0.3 is 5.32 Å². The Hall–Kier alpha value is -1.09. The lowest BCUT2D eigenvalue weighted by Crippen LogP contribution is -2.20. The molecule has 3 heteroatoms. The standard InChI is InChI=1S/C11H19N3/c1-4-10(2)9-12-7-5-11-6-8-13-14(11)3/h6,8,12H,2,4-5,7,9H2,1,3H3. The lowest BCUT2D eigenvalue weighted by atomic mass is 10.2. The van der Waals surface area contributed by atoms with Crippen LogP contribution < -0.4 is 5.32 Å². The molecule has 14 heavy (non-hydrogen) atoms. The number of aryl methyl sites for hydroxylation is 1. The Bertz CT molecular complexity index is 288. The van der Waals surface area contributed by atoms with E-state index in [1.165, 1.54) is 11.3 Å². The molecule has 0 amide bonds. The zero-order valence-electron chi connectivity index (χ0n) is 9.08. The molecule has 0 spiro atoms. The van der Waals surface area contributed by atoms with Crippen molar-refractivity contribution < 1.29 is 0 Å². The van der Waals surface area contributed by atoms with Gasteiger partial charge in [0, 0.05) is 38.4 Å². The summed E-state index contributed by atoms with van der Waals surface area (Å²) in [7, 11) is 1.97. The second-order valence-corrected chi connectivity index (χ2v) is 3.48. The summed E-state index contributed by atoms with van der Waals surface area (Å²) in [6, 6.07) is 2.05. The van der Waals surface area contributed by atoms with Gasteiger partial charge in [-0.05, 0) is 12.5 Å². The SMILES string of the molecule is C=C(CC)CNCCc1ccnn1C. The van der Waals surface area contributed by atoms with Crippen LogP contribution in [0.3, 0.4) is 0 Å². The second kappa shape index (κ2) is 5.60. The second-order valence-electron chi connectivity index (χ2n) is 3.48. The summed E-state index contributed by atoms with van der Waals surface area (Å²) < 4.78 is 1.91. The maximum absolute atomic E-state index is 4.12. The number of rotatable bonds is 6. The first-order valence-electron chi connectivity index (χ1n) is 5.08. The summed E-state index contributed by atoms with van der Waals surface area (Å²) in [5.41, 5.74) is 2.52. The zero-order valence-corrected chi connectivity index (χ0v) is 9.08. The Kier molecular flexibility index (Phi) is 4.40. The maximum atomic E-state index is 4.12. The molecule has 0 saturated heterocycles. The van der Waals surface area contributed by atoms with E-state index in [9.17, 15) is 0 Å². The van der Waals surface area contributed by atoms with Crippen LogP contribution in [0.1, 0.15) is 19.0 Å². The highest BCUT2D eigenvalue weighted by atomic mass is 15.3. The van der Waals surface area contributed by atoms with Gasteiger partial charge in [0.15, 0.2) is 0 Å². The minimum Gasteiger partial charge on any atom is -0.313 e. The molecule has 0 aliphatic heterocycles. The Morgan fingerprint density at radius 1 is 1.64 bits per heavy atom. The van der Waals surface area contributed by atoms with E-state index < -0.39 is 0 Å². The van der Waals surface area contributed by atoms with Crippen molar-refractivity contribution in [2.24, 2.45) is 7.05 Å². The summed E-state index contributed by atoms with van der Waals surface area (Å²) in [4.78, 5) is 0. The molecule has 0 bridgehead atoms. The van der Waals surface area contributed by atoms with Gasteiger partial charge in [-0.25, -0.2) is 0 Å². The monoisotopic (exact) mass is 193 g/mol. The summed E-state index contributed by atoms with van der Waals surface area (Å²) >= 11 is 0. The van der Waals surface area contributed by atoms with Gasteiger partial charge >= 0.3 is 0 Å². The van der Waals surface area contributed by atoms with E-state index in [0.29, 0.717) is 0 Å². The van der Waals surface area contributed by atoms with Crippen LogP contribution >= 0.6 is 0 Å². The first-order valence-corrected chi connectivity index (χ1v) is 5.08. The summed E-state index contributed by atoms with van der Waals surface area (Å²) in [6.07, 6.45) is 3.91. The fourth-order valence-corrected chi connectivity index (χ4v) is 1.25. The lowest BCUT2D eigenvalue weighted by Gasteiger charge is -2.05. The average molecular weight is 193 g/mol. The van der Waals surface area contributed by atoms with E-state index in [4.69, 9.17) is 0 Å². The smallest absolute Gasteiger partial charge is 0.0492 e. The molecule has 0 unspecified atom stereocenters. The number of hydrogen-bond acceptors (Lipinski definition) is 2. The zero-order chi connectivity index (χ0) is 10.4. The van der Waals surface area contributed by atoms with Crippen LogP contribution in [0.15, 0.2) is 24.4 Å². The lowest BCUT2D eigenvalue weighted by molar-refractivity contribution is 0.659. The van der Waals surface area contributed by atoms with Gasteiger partial charge in [0.25, 0.3) is 0 Å². The normalized spacial score (nSPS) is 10.4. The van der Waals surface area contributed by atoms with E-state index in [2.05, 4.69) is 30.0 Å². The summed E-state index contributed by atoms with van der Waals surface area (Å²) in [6.45, 7) is 7.98. The number of aromatic nitrogens is 2. The third-order valence-electron chi connectivity index (χ3n) is 2.36. The van der Waals surface area contributed by atoms with Gasteiger partial charge in [0.2, 0.25) is 0 Å². The molecule has 78 valence electrons. The van der Waals surface area contributed by atoms with Crippen LogP contribution in [0.25, 0.3) is 0 Å². The topological polar surface area (TPSA) is 29.9 Å². The van der Waals surface area contributed by atoms with Crippen LogP contribution in [-0.2, 0) is 13.5 Å². The Balaban J connectivity index is 2.16. The Labute approximate surface area is 85.8 Å². The molecule has 0 aliphatic carbocycles. The number of nitrogens with one attached hydrogen (secondary N) is 1. The highest BCUT2D eigenvalue weighted by molar-refractivity contribution is 5.01. The molecule has 0 radical (unpaired) electrons. The molecule has 1 aromatic rings. The first-order chi connectivity index (χ1) is 6.74. The van der Waals surface area contributed by atoms with Gasteiger partial charge in [-0.1, -0.05) is 19.1 Å². The predicted molar refractivity (Wildman–Crippen MR) is 59.2 cm³/mol. The van der Waals surface area contributed by atoms with Gasteiger partial charge in [0.05, 0.1) is 0 Å². The molecule has 1 aromatic heterocycles. The van der Waals surface area contributed by atoms with Crippen LogP contribution in [-0.4, -0.2) is 22.9 Å². The minimum atomic E-state index is 0.925. The van der Waals surface area contributed by atoms with Crippen LogP contribution in [0.4, 0.5) is 0 Å². The van der Waals surface area contributed by atoms with Gasteiger partial charge in [-0.2, -0.15) is 5.10 Å². The van der Waals surface area contributed by atoms with Crippen LogP contribution in [0, 0.1) is 0 Å². The van der Waals surface area contributed by atoms with Crippen molar-refractivity contribution in [1.29, 1.82) is 0 Å². The molecule has 0 aromatic carbocycles. The Morgan fingerprint density at radius 3 is 3.00 bits per heavy atom. The Morgan fingerprint density at radius 2 is 2.43 bits per heavy atom. The first kappa shape index (κ1) is 11.0. The fourth-order valence-electron chi connectivity index (χ4n) is 1.25. The van der Waals surface area contributed by atoms with Crippen molar-refractivity contribution in [1.82, 2.24) is 15.1 Å². The quantitative estimate of drug-likeness (QED) is 0.548. The number of hydrogen-bond donors (Lipinski definition) is 1. The third-order valence-corrected chi connectivity index (χ3v) is 2.36. The fraction of sp³-hybridized carbons (Fsp3) is 0.545. The third kappa shape index (κ3) is 3.34. The van der Waals surface area contributed by atoms with E-state index in [-0.39, 0.29) is 0 Å². The van der Waals surface area contributed by atoms with Crippen molar-refractivity contribution in [3.05, 3.63) is 30.1 Å². The summed E-state index contributed by atoms with van der Waals surface area (Å²) in [5, 5.41) is 7.48. The summed E-state index contributed by atoms with van der Waals surface area (Å²) in [5.74, 6) is 0. The molecule has 1 N–H and O–H groups in total. The van der Waals surface area contributed by atoms with E-state index in [0.717, 1.165) is 25.9 Å². The van der Waals surface area contributed by atoms with Crippen molar-refractivity contribution in [2.75, 3.05) is 13.1 Å². The van der Waals surface area contributed by atoms with Crippen LogP contribution in [0.5, 0.6) is 0 Å². The van der Waals surface area contributed by atoms with E-state index in [1.807, 2.05) is 17.9 Å². The molecule has 1 rings (SSSR count). The van der Waals surface area contributed by atoms with Gasteiger partial charge in [-0.15, -0.1) is 0 Å². The van der Waals surface area contributed by atoms with E-state index >= 15 is 0 Å². The van der Waals surface area contributed by atoms with Gasteiger partial charge in [0.1, 0.15) is 0 Å². The molecule has 3 nitrogen and oxygen atoms in total. The van der Waals surface area contributed by atoms with Crippen LogP contribution in [0.2, 0.25) is 0 Å². The molecule has 0 fully saturated rings. The highest BCUT2D eigenvalue weighted by Crippen LogP contribution is 1.97. The predicted octanol–water partition coefficient (Wildman–Crippen LogP) is 1.52. The molecule has 1 heterocycles. The maximum Gasteiger partial charge on any atom is 0.0492 e. The van der Waals surface area contributed by atoms with E-state index in [1.54, 1.807) is 0 Å². The molecule has 0 atom stereocenters. The molecular formula is C11H19N3. The number of nitrogens with zero attached hydrogens (tertiary/aromatic N) is 2. The van der Waals surface area contributed by atoms with Crippen molar-refractivity contribution in [3.8, 4) is 0 Å². The van der Waals surface area contributed by atoms with Crippen molar-refractivity contribution >= 4 is 0 Å². The van der Waals surface area contributed by atoms with Gasteiger partial charge in [-0.3, -0.25) is 4.68 Å². The molecule has 0 aliphatic rings. The average Bonchev–Trinajstić information content (AvgIpc) is 2.58. The molecular weight excluding hydrogens is 174 g/mol. The largest absolute Gasteiger partial charge is 0.313 e.